The third kappa shape index (κ3) is 1.44. The van der Waals surface area contributed by atoms with E-state index in [1.807, 2.05) is 31.2 Å². The average molecular weight is 237 g/mol. The number of amides is 2. The molecule has 0 unspecified atom stereocenters. The molecule has 18 heavy (non-hydrogen) atoms. The van der Waals surface area contributed by atoms with Gasteiger partial charge < -0.3 is 0 Å². The molecule has 1 heterocycles. The van der Waals surface area contributed by atoms with Crippen molar-refractivity contribution >= 4 is 17.5 Å². The number of anilines is 1. The summed E-state index contributed by atoms with van der Waals surface area (Å²) in [4.78, 5) is 25.7. The molecule has 0 aliphatic carbocycles. The third-order valence-corrected chi connectivity index (χ3v) is 3.06. The van der Waals surface area contributed by atoms with Crippen LogP contribution in [0, 0.1) is 6.92 Å². The van der Waals surface area contributed by atoms with E-state index in [0.717, 1.165) is 5.56 Å². The Morgan fingerprint density at radius 3 is 2.22 bits per heavy atom. The number of hydrogen-bond acceptors (Lipinski definition) is 2. The van der Waals surface area contributed by atoms with E-state index in [-0.39, 0.29) is 11.8 Å². The van der Waals surface area contributed by atoms with Gasteiger partial charge in [-0.25, -0.2) is 4.90 Å². The van der Waals surface area contributed by atoms with E-state index < -0.39 is 0 Å². The molecule has 1 aliphatic rings. The number of benzene rings is 2. The highest BCUT2D eigenvalue weighted by Gasteiger charge is 2.36. The second-order valence-electron chi connectivity index (χ2n) is 4.33. The fraction of sp³-hybridized carbons (Fsp3) is 0.0667. The lowest BCUT2D eigenvalue weighted by molar-refractivity contribution is 0.0926. The highest BCUT2D eigenvalue weighted by molar-refractivity contribution is 6.34. The molecule has 0 aromatic heterocycles. The summed E-state index contributed by atoms with van der Waals surface area (Å²) in [5.74, 6) is -0.494. The van der Waals surface area contributed by atoms with Crippen molar-refractivity contribution in [2.75, 3.05) is 4.90 Å². The highest BCUT2D eigenvalue weighted by Crippen LogP contribution is 2.28. The largest absolute Gasteiger partial charge is 0.268 e. The molecule has 3 nitrogen and oxygen atoms in total. The number of hydrogen-bond donors (Lipinski definition) is 0. The number of imide groups is 1. The highest BCUT2D eigenvalue weighted by atomic mass is 16.2. The van der Waals surface area contributed by atoms with Crippen LogP contribution in [0.3, 0.4) is 0 Å². The van der Waals surface area contributed by atoms with Gasteiger partial charge in [0, 0.05) is 0 Å². The lowest BCUT2D eigenvalue weighted by Crippen LogP contribution is -2.29. The zero-order valence-electron chi connectivity index (χ0n) is 9.88. The molecule has 3 heteroatoms. The zero-order chi connectivity index (χ0) is 12.7. The van der Waals surface area contributed by atoms with Gasteiger partial charge in [-0.1, -0.05) is 29.8 Å². The molecule has 88 valence electrons. The molecule has 0 spiro atoms. The molecule has 0 saturated carbocycles. The van der Waals surface area contributed by atoms with Gasteiger partial charge in [-0.2, -0.15) is 0 Å². The Labute approximate surface area is 105 Å². The van der Waals surface area contributed by atoms with Gasteiger partial charge in [-0.3, -0.25) is 9.59 Å². The fourth-order valence-corrected chi connectivity index (χ4v) is 2.17. The molecule has 0 saturated heterocycles. The van der Waals surface area contributed by atoms with Crippen LogP contribution in [0.5, 0.6) is 0 Å². The first kappa shape index (κ1) is 10.7. The topological polar surface area (TPSA) is 37.4 Å². The van der Waals surface area contributed by atoms with Crippen LogP contribution in [0.15, 0.2) is 48.5 Å². The summed E-state index contributed by atoms with van der Waals surface area (Å²) in [5, 5.41) is 0. The normalized spacial score (nSPS) is 13.9. The maximum absolute atomic E-state index is 12.3. The molecule has 0 fully saturated rings. The average Bonchev–Trinajstić information content (AvgIpc) is 2.63. The number of fused-ring (bicyclic) bond motifs is 1. The first-order valence-corrected chi connectivity index (χ1v) is 5.73. The third-order valence-electron chi connectivity index (χ3n) is 3.06. The minimum atomic E-state index is -0.249. The molecule has 0 radical (unpaired) electrons. The van der Waals surface area contributed by atoms with Crippen molar-refractivity contribution in [2.45, 2.75) is 6.92 Å². The summed E-state index contributed by atoms with van der Waals surface area (Å²) in [6.45, 7) is 1.91. The van der Waals surface area contributed by atoms with Gasteiger partial charge >= 0.3 is 0 Å². The van der Waals surface area contributed by atoms with Crippen LogP contribution >= 0.6 is 0 Å². The van der Waals surface area contributed by atoms with E-state index in [1.54, 1.807) is 24.3 Å². The van der Waals surface area contributed by atoms with Crippen molar-refractivity contribution in [3.05, 3.63) is 65.2 Å². The summed E-state index contributed by atoms with van der Waals surface area (Å²) in [6, 6.07) is 14.3. The van der Waals surface area contributed by atoms with Crippen LogP contribution in [0.25, 0.3) is 0 Å². The van der Waals surface area contributed by atoms with E-state index in [0.29, 0.717) is 16.8 Å². The van der Waals surface area contributed by atoms with Gasteiger partial charge in [0.25, 0.3) is 11.8 Å². The van der Waals surface area contributed by atoms with Crippen molar-refractivity contribution in [2.24, 2.45) is 0 Å². The Balaban J connectivity index is 2.13. The van der Waals surface area contributed by atoms with Gasteiger partial charge in [0.1, 0.15) is 0 Å². The number of rotatable bonds is 1. The van der Waals surface area contributed by atoms with Gasteiger partial charge in [0.2, 0.25) is 0 Å². The number of aryl methyl sites for hydroxylation is 1. The van der Waals surface area contributed by atoms with Crippen molar-refractivity contribution < 1.29 is 9.59 Å². The number of para-hydroxylation sites is 1. The quantitative estimate of drug-likeness (QED) is 0.715. The predicted molar refractivity (Wildman–Crippen MR) is 68.8 cm³/mol. The smallest absolute Gasteiger partial charge is 0.266 e. The summed E-state index contributed by atoms with van der Waals surface area (Å²) in [5.41, 5.74) is 2.56. The Bertz CT molecular complexity index is 647. The maximum Gasteiger partial charge on any atom is 0.266 e. The Morgan fingerprint density at radius 1 is 0.833 bits per heavy atom. The van der Waals surface area contributed by atoms with E-state index in [1.165, 1.54) is 4.90 Å². The van der Waals surface area contributed by atoms with E-state index in [2.05, 4.69) is 0 Å². The number of nitrogens with zero attached hydrogens (tertiary/aromatic N) is 1. The molecule has 1 aliphatic heterocycles. The van der Waals surface area contributed by atoms with Crippen LogP contribution in [0.4, 0.5) is 5.69 Å². The van der Waals surface area contributed by atoms with Crippen molar-refractivity contribution in [3.8, 4) is 0 Å². The number of carbonyl (C=O) groups is 2. The van der Waals surface area contributed by atoms with Crippen molar-refractivity contribution in [3.63, 3.8) is 0 Å². The first-order valence-electron chi connectivity index (χ1n) is 5.73. The molecule has 0 atom stereocenters. The van der Waals surface area contributed by atoms with Crippen LogP contribution < -0.4 is 4.90 Å². The molecule has 3 rings (SSSR count). The molecular weight excluding hydrogens is 226 g/mol. The maximum atomic E-state index is 12.3. The standard InChI is InChI=1S/C15H11NO2/c1-10-7-8-12-13(9-10)15(18)16(14(12)17)11-5-3-2-4-6-11/h2-9H,1H3. The minimum Gasteiger partial charge on any atom is -0.268 e. The molecular formula is C15H11NO2. The summed E-state index contributed by atoms with van der Waals surface area (Å²) in [7, 11) is 0. The van der Waals surface area contributed by atoms with Crippen LogP contribution in [0.2, 0.25) is 0 Å². The monoisotopic (exact) mass is 237 g/mol. The lowest BCUT2D eigenvalue weighted by atomic mass is 10.1. The lowest BCUT2D eigenvalue weighted by Gasteiger charge is -2.13. The fourth-order valence-electron chi connectivity index (χ4n) is 2.17. The van der Waals surface area contributed by atoms with Crippen molar-refractivity contribution in [1.82, 2.24) is 0 Å². The van der Waals surface area contributed by atoms with Gasteiger partial charge in [-0.15, -0.1) is 0 Å². The van der Waals surface area contributed by atoms with E-state index in [9.17, 15) is 9.59 Å². The minimum absolute atomic E-state index is 0.245. The first-order chi connectivity index (χ1) is 8.68. The summed E-state index contributed by atoms with van der Waals surface area (Å²) >= 11 is 0. The van der Waals surface area contributed by atoms with E-state index in [4.69, 9.17) is 0 Å². The Hall–Kier alpha value is -2.42. The molecule has 2 amide bonds. The predicted octanol–water partition coefficient (Wildman–Crippen LogP) is 2.80. The van der Waals surface area contributed by atoms with Gasteiger partial charge in [0.15, 0.2) is 0 Å². The van der Waals surface area contributed by atoms with Crippen LogP contribution in [-0.2, 0) is 0 Å². The second kappa shape index (κ2) is 3.81. The molecule has 2 aromatic rings. The Morgan fingerprint density at radius 2 is 1.50 bits per heavy atom. The SMILES string of the molecule is Cc1ccc2c(c1)C(=O)N(c1ccccc1)C2=O. The zero-order valence-corrected chi connectivity index (χ0v) is 9.88. The van der Waals surface area contributed by atoms with Crippen LogP contribution in [-0.4, -0.2) is 11.8 Å². The summed E-state index contributed by atoms with van der Waals surface area (Å²) < 4.78 is 0. The molecule has 0 bridgehead atoms. The van der Waals surface area contributed by atoms with Gasteiger partial charge in [0.05, 0.1) is 16.8 Å². The van der Waals surface area contributed by atoms with E-state index >= 15 is 0 Å². The molecule has 2 aromatic carbocycles. The van der Waals surface area contributed by atoms with Crippen LogP contribution in [0.1, 0.15) is 26.3 Å². The van der Waals surface area contributed by atoms with Crippen molar-refractivity contribution in [1.29, 1.82) is 0 Å². The Kier molecular flexibility index (Phi) is 2.27. The van der Waals surface area contributed by atoms with Gasteiger partial charge in [-0.05, 0) is 31.2 Å². The second-order valence-corrected chi connectivity index (χ2v) is 4.33. The summed E-state index contributed by atoms with van der Waals surface area (Å²) in [6.07, 6.45) is 0. The number of carbonyl (C=O) groups excluding carboxylic acids is 2. The molecule has 0 N–H and O–H groups in total.